The number of likely N-dealkylation sites (N-methyl/N-ethyl adjacent to an activating group) is 1. The maximum Gasteiger partial charge on any atom is 0.229 e. The number of rotatable bonds is 5. The summed E-state index contributed by atoms with van der Waals surface area (Å²) in [5, 5.41) is 0. The molecule has 1 amide bonds. The van der Waals surface area contributed by atoms with Crippen molar-refractivity contribution < 1.29 is 9.53 Å². The fourth-order valence-electron chi connectivity index (χ4n) is 4.42. The summed E-state index contributed by atoms with van der Waals surface area (Å²) >= 11 is 0. The molecule has 2 aromatic carbocycles. The first-order chi connectivity index (χ1) is 16.5. The molecule has 0 spiro atoms. The van der Waals surface area contributed by atoms with Crippen molar-refractivity contribution in [1.82, 2.24) is 19.8 Å². The van der Waals surface area contributed by atoms with Gasteiger partial charge in [0.05, 0.1) is 24.2 Å². The molecule has 1 aromatic heterocycles. The zero-order valence-corrected chi connectivity index (χ0v) is 19.9. The molecule has 5 rings (SSSR count). The number of carbonyl (C=O) groups is 1. The Morgan fingerprint density at radius 1 is 0.941 bits per heavy atom. The number of piperazine rings is 1. The van der Waals surface area contributed by atoms with Crippen molar-refractivity contribution >= 4 is 11.9 Å². The maximum atomic E-state index is 13.1. The van der Waals surface area contributed by atoms with Crippen molar-refractivity contribution in [2.45, 2.75) is 26.3 Å². The molecule has 2 aliphatic rings. The van der Waals surface area contributed by atoms with Gasteiger partial charge in [-0.2, -0.15) is 4.98 Å². The first kappa shape index (κ1) is 22.3. The lowest BCUT2D eigenvalue weighted by Crippen LogP contribution is -2.45. The van der Waals surface area contributed by atoms with E-state index in [1.54, 1.807) is 0 Å². The third-order valence-corrected chi connectivity index (χ3v) is 6.58. The summed E-state index contributed by atoms with van der Waals surface area (Å²) in [6.07, 6.45) is 1.09. The zero-order chi connectivity index (χ0) is 23.5. The van der Waals surface area contributed by atoms with E-state index in [2.05, 4.69) is 23.8 Å². The predicted octanol–water partition coefficient (Wildman–Crippen LogP) is 3.46. The van der Waals surface area contributed by atoms with E-state index >= 15 is 0 Å². The first-order valence-electron chi connectivity index (χ1n) is 11.9. The van der Waals surface area contributed by atoms with E-state index in [4.69, 9.17) is 14.7 Å². The number of hydrogen-bond donors (Lipinski definition) is 0. The average Bonchev–Trinajstić information content (AvgIpc) is 2.86. The second-order valence-corrected chi connectivity index (χ2v) is 9.19. The van der Waals surface area contributed by atoms with Crippen molar-refractivity contribution in [2.24, 2.45) is 0 Å². The number of aromatic nitrogens is 2. The summed E-state index contributed by atoms with van der Waals surface area (Å²) in [4.78, 5) is 29.3. The minimum Gasteiger partial charge on any atom is -0.438 e. The van der Waals surface area contributed by atoms with E-state index in [9.17, 15) is 4.79 Å². The number of anilines is 1. The molecule has 3 aromatic rings. The fourth-order valence-corrected chi connectivity index (χ4v) is 4.42. The van der Waals surface area contributed by atoms with Crippen LogP contribution in [0, 0.1) is 6.92 Å². The molecule has 7 nitrogen and oxygen atoms in total. The van der Waals surface area contributed by atoms with E-state index in [0.29, 0.717) is 31.8 Å². The van der Waals surface area contributed by atoms with Crippen molar-refractivity contribution in [2.75, 3.05) is 44.7 Å². The Hall–Kier alpha value is -3.45. The highest BCUT2D eigenvalue weighted by molar-refractivity contribution is 5.79. The number of ether oxygens (including phenoxy) is 1. The zero-order valence-electron chi connectivity index (χ0n) is 19.9. The smallest absolute Gasteiger partial charge is 0.229 e. The topological polar surface area (TPSA) is 61.8 Å². The average molecular weight is 458 g/mol. The molecule has 7 heteroatoms. The molecule has 0 bridgehead atoms. The van der Waals surface area contributed by atoms with Gasteiger partial charge in [0.2, 0.25) is 17.7 Å². The van der Waals surface area contributed by atoms with Gasteiger partial charge in [-0.05, 0) is 31.7 Å². The van der Waals surface area contributed by atoms with Crippen molar-refractivity contribution in [3.8, 4) is 11.6 Å². The minimum atomic E-state index is 0.112. The first-order valence-corrected chi connectivity index (χ1v) is 11.9. The largest absolute Gasteiger partial charge is 0.438 e. The SMILES string of the molecule is Cc1ccc(Oc2nc(N3CCN(C)CC3)nc3c2CN(C(=O)Cc2ccccc2)CC3)cc1. The highest BCUT2D eigenvalue weighted by Gasteiger charge is 2.28. The Labute approximate surface area is 201 Å². The van der Waals surface area contributed by atoms with Gasteiger partial charge in [0.25, 0.3) is 0 Å². The van der Waals surface area contributed by atoms with Crippen LogP contribution < -0.4 is 9.64 Å². The van der Waals surface area contributed by atoms with Gasteiger partial charge in [-0.15, -0.1) is 0 Å². The molecular formula is C27H31N5O2. The normalized spacial score (nSPS) is 16.3. The van der Waals surface area contributed by atoms with Crippen LogP contribution in [0.5, 0.6) is 11.6 Å². The summed E-state index contributed by atoms with van der Waals surface area (Å²) in [6, 6.07) is 17.9. The van der Waals surface area contributed by atoms with Gasteiger partial charge in [-0.25, -0.2) is 4.98 Å². The minimum absolute atomic E-state index is 0.112. The lowest BCUT2D eigenvalue weighted by molar-refractivity contribution is -0.131. The molecule has 2 aliphatic heterocycles. The number of hydrogen-bond acceptors (Lipinski definition) is 6. The van der Waals surface area contributed by atoms with Crippen LogP contribution in [0.3, 0.4) is 0 Å². The quantitative estimate of drug-likeness (QED) is 0.585. The Balaban J connectivity index is 1.42. The number of aryl methyl sites for hydroxylation is 1. The Bertz CT molecular complexity index is 1140. The van der Waals surface area contributed by atoms with Gasteiger partial charge >= 0.3 is 0 Å². The van der Waals surface area contributed by atoms with Crippen LogP contribution in [-0.2, 0) is 24.2 Å². The van der Waals surface area contributed by atoms with E-state index in [0.717, 1.165) is 54.7 Å². The maximum absolute atomic E-state index is 13.1. The van der Waals surface area contributed by atoms with Crippen LogP contribution in [0.2, 0.25) is 0 Å². The van der Waals surface area contributed by atoms with E-state index in [1.807, 2.05) is 59.5 Å². The highest BCUT2D eigenvalue weighted by Crippen LogP contribution is 2.32. The van der Waals surface area contributed by atoms with E-state index in [-0.39, 0.29) is 5.91 Å². The molecule has 0 aliphatic carbocycles. The molecular weight excluding hydrogens is 426 g/mol. The summed E-state index contributed by atoms with van der Waals surface area (Å²) in [5.41, 5.74) is 4.09. The molecule has 0 radical (unpaired) electrons. The molecule has 34 heavy (non-hydrogen) atoms. The molecule has 0 atom stereocenters. The monoisotopic (exact) mass is 457 g/mol. The molecule has 1 fully saturated rings. The molecule has 0 unspecified atom stereocenters. The lowest BCUT2D eigenvalue weighted by Gasteiger charge is -2.34. The van der Waals surface area contributed by atoms with Crippen LogP contribution in [0.15, 0.2) is 54.6 Å². The third-order valence-electron chi connectivity index (χ3n) is 6.58. The van der Waals surface area contributed by atoms with Crippen LogP contribution in [-0.4, -0.2) is 65.4 Å². The predicted molar refractivity (Wildman–Crippen MR) is 132 cm³/mol. The molecule has 3 heterocycles. The van der Waals surface area contributed by atoms with Crippen LogP contribution in [0.1, 0.15) is 22.4 Å². The third kappa shape index (κ3) is 5.04. The molecule has 0 N–H and O–H groups in total. The summed E-state index contributed by atoms with van der Waals surface area (Å²) in [6.45, 7) is 6.92. The van der Waals surface area contributed by atoms with E-state index < -0.39 is 0 Å². The van der Waals surface area contributed by atoms with Crippen LogP contribution in [0.25, 0.3) is 0 Å². The number of benzene rings is 2. The summed E-state index contributed by atoms with van der Waals surface area (Å²) < 4.78 is 6.30. The van der Waals surface area contributed by atoms with E-state index in [1.165, 1.54) is 5.56 Å². The lowest BCUT2D eigenvalue weighted by atomic mass is 10.0. The van der Waals surface area contributed by atoms with Crippen molar-refractivity contribution in [1.29, 1.82) is 0 Å². The summed E-state index contributed by atoms with van der Waals surface area (Å²) in [7, 11) is 2.14. The Morgan fingerprint density at radius 3 is 2.41 bits per heavy atom. The van der Waals surface area contributed by atoms with Crippen molar-refractivity contribution in [3.63, 3.8) is 0 Å². The van der Waals surface area contributed by atoms with Gasteiger partial charge in [-0.1, -0.05) is 48.0 Å². The second kappa shape index (κ2) is 9.81. The second-order valence-electron chi connectivity index (χ2n) is 9.19. The molecule has 176 valence electrons. The van der Waals surface area contributed by atoms with Gasteiger partial charge in [0.15, 0.2) is 0 Å². The van der Waals surface area contributed by atoms with Crippen LogP contribution >= 0.6 is 0 Å². The highest BCUT2D eigenvalue weighted by atomic mass is 16.5. The van der Waals surface area contributed by atoms with Gasteiger partial charge < -0.3 is 19.4 Å². The van der Waals surface area contributed by atoms with Crippen LogP contribution in [0.4, 0.5) is 5.95 Å². The van der Waals surface area contributed by atoms with Crippen molar-refractivity contribution in [3.05, 3.63) is 77.0 Å². The Morgan fingerprint density at radius 2 is 1.68 bits per heavy atom. The number of carbonyl (C=O) groups excluding carboxylic acids is 1. The number of amides is 1. The Kier molecular flexibility index (Phi) is 6.45. The van der Waals surface area contributed by atoms with Gasteiger partial charge in [0, 0.05) is 39.1 Å². The molecule has 1 saturated heterocycles. The summed E-state index contributed by atoms with van der Waals surface area (Å²) in [5.74, 6) is 2.13. The fraction of sp³-hybridized carbons (Fsp3) is 0.370. The standard InChI is InChI=1S/C27H31N5O2/c1-20-8-10-22(11-9-20)34-26-23-19-32(25(33)18-21-6-4-3-5-7-21)13-12-24(23)28-27(29-26)31-16-14-30(2)15-17-31/h3-11H,12-19H2,1-2H3. The number of fused-ring (bicyclic) bond motifs is 1. The van der Waals surface area contributed by atoms with Gasteiger partial charge in [-0.3, -0.25) is 4.79 Å². The van der Waals surface area contributed by atoms with Gasteiger partial charge in [0.1, 0.15) is 5.75 Å². The number of nitrogens with zero attached hydrogens (tertiary/aromatic N) is 5. The molecule has 0 saturated carbocycles.